The van der Waals surface area contributed by atoms with E-state index in [2.05, 4.69) is 29.2 Å². The second kappa shape index (κ2) is 7.82. The summed E-state index contributed by atoms with van der Waals surface area (Å²) in [5, 5.41) is 8.65. The van der Waals surface area contributed by atoms with Gasteiger partial charge in [0.1, 0.15) is 0 Å². The van der Waals surface area contributed by atoms with Crippen LogP contribution in [0.3, 0.4) is 0 Å². The first-order chi connectivity index (χ1) is 13.5. The average Bonchev–Trinajstić information content (AvgIpc) is 2.99. The lowest BCUT2D eigenvalue weighted by Gasteiger charge is -2.44. The van der Waals surface area contributed by atoms with Crippen molar-refractivity contribution in [2.75, 3.05) is 19.6 Å². The summed E-state index contributed by atoms with van der Waals surface area (Å²) in [6, 6.07) is 2.61. The largest absolute Gasteiger partial charge is 0.352 e. The van der Waals surface area contributed by atoms with Crippen molar-refractivity contribution in [3.63, 3.8) is 0 Å². The van der Waals surface area contributed by atoms with Crippen molar-refractivity contribution in [3.8, 4) is 0 Å². The molecule has 0 bridgehead atoms. The summed E-state index contributed by atoms with van der Waals surface area (Å²) in [5.74, 6) is 0.841. The van der Waals surface area contributed by atoms with Crippen LogP contribution in [-0.2, 0) is 7.05 Å². The molecule has 1 amide bonds. The molecule has 28 heavy (non-hydrogen) atoms. The number of carbonyl (C=O) groups is 1. The number of piperidine rings is 2. The van der Waals surface area contributed by atoms with Crippen molar-refractivity contribution in [2.45, 2.75) is 64.8 Å². The van der Waals surface area contributed by atoms with Crippen LogP contribution in [0.1, 0.15) is 73.6 Å². The lowest BCUT2D eigenvalue weighted by Crippen LogP contribution is -2.51. The first kappa shape index (κ1) is 19.4. The van der Waals surface area contributed by atoms with Crippen molar-refractivity contribution >= 4 is 16.9 Å². The predicted molar refractivity (Wildman–Crippen MR) is 112 cm³/mol. The average molecular weight is 384 g/mol. The highest BCUT2D eigenvalue weighted by atomic mass is 16.1. The fourth-order valence-electron chi connectivity index (χ4n) is 5.07. The van der Waals surface area contributed by atoms with Crippen LogP contribution in [0.25, 0.3) is 11.0 Å². The monoisotopic (exact) mass is 383 g/mol. The molecule has 2 fully saturated rings. The topological polar surface area (TPSA) is 63.1 Å². The standard InChI is InChI=1S/C22H33N5O/c1-14(2)18-12-17(20-15(3)25-26(4)21(20)24-18)22(28)23-13-16-8-7-11-27-10-6-5-9-19(16)27/h12,14,16,19H,5-11,13H2,1-4H3,(H,23,28)/t16-,19-/m1/s1. The summed E-state index contributed by atoms with van der Waals surface area (Å²) < 4.78 is 1.79. The molecule has 0 saturated carbocycles. The second-order valence-corrected chi connectivity index (χ2v) is 8.87. The van der Waals surface area contributed by atoms with E-state index in [-0.39, 0.29) is 11.8 Å². The second-order valence-electron chi connectivity index (χ2n) is 8.87. The van der Waals surface area contributed by atoms with E-state index in [1.54, 1.807) is 4.68 Å². The number of nitrogens with one attached hydrogen (secondary N) is 1. The molecule has 2 aliphatic rings. The Bertz CT molecular complexity index is 869. The number of hydrogen-bond acceptors (Lipinski definition) is 4. The zero-order valence-electron chi connectivity index (χ0n) is 17.7. The van der Waals surface area contributed by atoms with E-state index in [0.717, 1.165) is 34.5 Å². The van der Waals surface area contributed by atoms with E-state index in [1.165, 1.54) is 45.2 Å². The Kier molecular flexibility index (Phi) is 5.41. The summed E-state index contributed by atoms with van der Waals surface area (Å²) >= 11 is 0. The number of amides is 1. The van der Waals surface area contributed by atoms with E-state index in [4.69, 9.17) is 4.98 Å². The number of rotatable bonds is 4. The maximum absolute atomic E-state index is 13.2. The highest BCUT2D eigenvalue weighted by Gasteiger charge is 2.33. The van der Waals surface area contributed by atoms with Gasteiger partial charge in [-0.05, 0) is 63.6 Å². The third kappa shape index (κ3) is 3.54. The Hall–Kier alpha value is -1.95. The van der Waals surface area contributed by atoms with Gasteiger partial charge >= 0.3 is 0 Å². The van der Waals surface area contributed by atoms with Gasteiger partial charge in [0.2, 0.25) is 0 Å². The molecule has 4 rings (SSSR count). The molecule has 1 N–H and O–H groups in total. The molecule has 0 aromatic carbocycles. The Labute approximate surface area is 167 Å². The molecule has 2 aliphatic heterocycles. The van der Waals surface area contributed by atoms with Gasteiger partial charge in [-0.2, -0.15) is 5.10 Å². The van der Waals surface area contributed by atoms with Crippen LogP contribution in [0.4, 0.5) is 0 Å². The smallest absolute Gasteiger partial charge is 0.252 e. The number of nitrogens with zero attached hydrogens (tertiary/aromatic N) is 4. The number of aryl methyl sites for hydroxylation is 2. The zero-order chi connectivity index (χ0) is 19.8. The molecule has 2 saturated heterocycles. The number of fused-ring (bicyclic) bond motifs is 2. The van der Waals surface area contributed by atoms with E-state index in [0.29, 0.717) is 12.0 Å². The van der Waals surface area contributed by atoms with Gasteiger partial charge in [-0.3, -0.25) is 9.48 Å². The predicted octanol–water partition coefficient (Wildman–Crippen LogP) is 3.39. The molecule has 2 atom stereocenters. The maximum atomic E-state index is 13.2. The quantitative estimate of drug-likeness (QED) is 0.879. The molecule has 4 heterocycles. The van der Waals surface area contributed by atoms with Gasteiger partial charge in [-0.25, -0.2) is 4.98 Å². The van der Waals surface area contributed by atoms with Gasteiger partial charge < -0.3 is 10.2 Å². The van der Waals surface area contributed by atoms with E-state index in [9.17, 15) is 4.79 Å². The highest BCUT2D eigenvalue weighted by Crippen LogP contribution is 2.31. The minimum atomic E-state index is 0.0123. The summed E-state index contributed by atoms with van der Waals surface area (Å²) in [7, 11) is 1.90. The van der Waals surface area contributed by atoms with Gasteiger partial charge in [0, 0.05) is 25.3 Å². The van der Waals surface area contributed by atoms with Crippen LogP contribution < -0.4 is 5.32 Å². The molecule has 0 aliphatic carbocycles. The fraction of sp³-hybridized carbons (Fsp3) is 0.682. The van der Waals surface area contributed by atoms with Crippen LogP contribution >= 0.6 is 0 Å². The van der Waals surface area contributed by atoms with E-state index < -0.39 is 0 Å². The molecular weight excluding hydrogens is 350 g/mol. The highest BCUT2D eigenvalue weighted by molar-refractivity contribution is 6.06. The van der Waals surface area contributed by atoms with Crippen LogP contribution in [-0.4, -0.2) is 51.2 Å². The Balaban J connectivity index is 1.57. The first-order valence-corrected chi connectivity index (χ1v) is 10.8. The van der Waals surface area contributed by atoms with Crippen molar-refractivity contribution in [1.82, 2.24) is 25.0 Å². The summed E-state index contributed by atoms with van der Waals surface area (Å²) in [4.78, 5) is 20.6. The molecule has 0 radical (unpaired) electrons. The van der Waals surface area contributed by atoms with Gasteiger partial charge in [0.15, 0.2) is 5.65 Å². The third-order valence-electron chi connectivity index (χ3n) is 6.58. The SMILES string of the molecule is Cc1nn(C)c2nc(C(C)C)cc(C(=O)NC[C@H]3CCCN4CCCC[C@H]34)c12. The molecule has 6 heteroatoms. The first-order valence-electron chi connectivity index (χ1n) is 10.8. The van der Waals surface area contributed by atoms with Crippen molar-refractivity contribution < 1.29 is 4.79 Å². The molecule has 2 aromatic rings. The molecule has 2 aromatic heterocycles. The fourth-order valence-corrected chi connectivity index (χ4v) is 5.07. The lowest BCUT2D eigenvalue weighted by atomic mass is 9.83. The molecular formula is C22H33N5O. The maximum Gasteiger partial charge on any atom is 0.252 e. The van der Waals surface area contributed by atoms with Crippen molar-refractivity contribution in [3.05, 3.63) is 23.0 Å². The lowest BCUT2D eigenvalue weighted by molar-refractivity contribution is 0.0576. The van der Waals surface area contributed by atoms with Gasteiger partial charge in [0.25, 0.3) is 5.91 Å². The Morgan fingerprint density at radius 2 is 2.04 bits per heavy atom. The normalized spacial score (nSPS) is 23.2. The zero-order valence-corrected chi connectivity index (χ0v) is 17.7. The minimum absolute atomic E-state index is 0.0123. The van der Waals surface area contributed by atoms with Gasteiger partial charge in [-0.15, -0.1) is 0 Å². The summed E-state index contributed by atoms with van der Waals surface area (Å²) in [6.07, 6.45) is 6.39. The van der Waals surface area contributed by atoms with Crippen LogP contribution in [0.2, 0.25) is 0 Å². The van der Waals surface area contributed by atoms with E-state index in [1.807, 2.05) is 20.0 Å². The number of aromatic nitrogens is 3. The number of pyridine rings is 1. The molecule has 0 spiro atoms. The van der Waals surface area contributed by atoms with Crippen molar-refractivity contribution in [1.29, 1.82) is 0 Å². The minimum Gasteiger partial charge on any atom is -0.352 e. The molecule has 0 unspecified atom stereocenters. The van der Waals surface area contributed by atoms with Crippen LogP contribution in [0.5, 0.6) is 0 Å². The van der Waals surface area contributed by atoms with Crippen LogP contribution in [0, 0.1) is 12.8 Å². The van der Waals surface area contributed by atoms with E-state index >= 15 is 0 Å². The van der Waals surface area contributed by atoms with Crippen molar-refractivity contribution in [2.24, 2.45) is 13.0 Å². The number of carbonyl (C=O) groups excluding carboxylic acids is 1. The Morgan fingerprint density at radius 3 is 2.82 bits per heavy atom. The van der Waals surface area contributed by atoms with Gasteiger partial charge in [-0.1, -0.05) is 20.3 Å². The van der Waals surface area contributed by atoms with Gasteiger partial charge in [0.05, 0.1) is 16.6 Å². The number of hydrogen-bond donors (Lipinski definition) is 1. The van der Waals surface area contributed by atoms with Crippen LogP contribution in [0.15, 0.2) is 6.07 Å². The summed E-state index contributed by atoms with van der Waals surface area (Å²) in [5.41, 5.74) is 3.32. The molecule has 152 valence electrons. The third-order valence-corrected chi connectivity index (χ3v) is 6.58. The molecule has 6 nitrogen and oxygen atoms in total. The summed E-state index contributed by atoms with van der Waals surface area (Å²) in [6.45, 7) is 9.40. The Morgan fingerprint density at radius 1 is 1.25 bits per heavy atom.